The Morgan fingerprint density at radius 3 is 1.94 bits per heavy atom. The van der Waals surface area contributed by atoms with Gasteiger partial charge < -0.3 is 15.7 Å². The summed E-state index contributed by atoms with van der Waals surface area (Å²) in [5, 5.41) is 14.5. The first-order valence-electron chi connectivity index (χ1n) is 6.31. The van der Waals surface area contributed by atoms with Gasteiger partial charge in [0.25, 0.3) is 0 Å². The molecule has 3 N–H and O–H groups in total. The van der Waals surface area contributed by atoms with Gasteiger partial charge in [0, 0.05) is 5.41 Å². The van der Waals surface area contributed by atoms with Crippen LogP contribution in [0.4, 0.5) is 0 Å². The van der Waals surface area contributed by atoms with Crippen molar-refractivity contribution in [3.05, 3.63) is 0 Å². The first kappa shape index (κ1) is 16.9. The Morgan fingerprint density at radius 2 is 1.61 bits per heavy atom. The van der Waals surface area contributed by atoms with Crippen LogP contribution in [0.15, 0.2) is 0 Å². The van der Waals surface area contributed by atoms with Crippen molar-refractivity contribution in [3.63, 3.8) is 0 Å². The van der Waals surface area contributed by atoms with Crippen molar-refractivity contribution in [1.82, 2.24) is 10.6 Å². The van der Waals surface area contributed by atoms with E-state index in [4.69, 9.17) is 5.11 Å². The van der Waals surface area contributed by atoms with Gasteiger partial charge in [0.2, 0.25) is 11.8 Å². The van der Waals surface area contributed by atoms with E-state index >= 15 is 0 Å². The maximum atomic E-state index is 11.8. The number of carbonyl (C=O) groups excluding carboxylic acids is 2. The summed E-state index contributed by atoms with van der Waals surface area (Å²) >= 11 is 0. The summed E-state index contributed by atoms with van der Waals surface area (Å²) in [5.74, 6) is -0.305. The molecule has 106 valence electrons. The molecule has 5 nitrogen and oxygen atoms in total. The summed E-state index contributed by atoms with van der Waals surface area (Å²) in [6, 6.07) is -0.893. The number of rotatable bonds is 5. The Kier molecular flexibility index (Phi) is 6.32. The number of hydrogen-bond donors (Lipinski definition) is 3. The molecule has 0 aliphatic carbocycles. The van der Waals surface area contributed by atoms with Gasteiger partial charge in [0.15, 0.2) is 0 Å². The van der Waals surface area contributed by atoms with Crippen LogP contribution in [0.5, 0.6) is 0 Å². The molecule has 0 heterocycles. The molecule has 0 fully saturated rings. The topological polar surface area (TPSA) is 78.4 Å². The molecule has 0 saturated carbocycles. The molecule has 18 heavy (non-hydrogen) atoms. The highest BCUT2D eigenvalue weighted by Crippen LogP contribution is 2.12. The first-order chi connectivity index (χ1) is 8.09. The van der Waals surface area contributed by atoms with Crippen LogP contribution in [0, 0.1) is 11.3 Å². The highest BCUT2D eigenvalue weighted by molar-refractivity contribution is 5.89. The van der Waals surface area contributed by atoms with Crippen molar-refractivity contribution in [2.24, 2.45) is 11.3 Å². The number of aliphatic hydroxyl groups is 1. The van der Waals surface area contributed by atoms with Gasteiger partial charge in [-0.3, -0.25) is 9.59 Å². The maximum absolute atomic E-state index is 11.8. The monoisotopic (exact) mass is 258 g/mol. The predicted octanol–water partition coefficient (Wildman–Crippen LogP) is 0.670. The lowest BCUT2D eigenvalue weighted by molar-refractivity contribution is -0.133. The predicted molar refractivity (Wildman–Crippen MR) is 70.9 cm³/mol. The van der Waals surface area contributed by atoms with Crippen LogP contribution in [0.2, 0.25) is 0 Å². The SMILES string of the molecule is CC(NC(=O)C(C)(C)C)C(=O)N[C@H](CO)C(C)C. The summed E-state index contributed by atoms with van der Waals surface area (Å²) < 4.78 is 0. The minimum absolute atomic E-state index is 0.108. The van der Waals surface area contributed by atoms with Gasteiger partial charge in [-0.25, -0.2) is 0 Å². The molecule has 5 heteroatoms. The zero-order valence-electron chi connectivity index (χ0n) is 12.2. The number of hydrogen-bond acceptors (Lipinski definition) is 3. The first-order valence-corrected chi connectivity index (χ1v) is 6.31. The summed E-state index contributed by atoms with van der Waals surface area (Å²) in [5.41, 5.74) is -0.525. The average Bonchev–Trinajstić information content (AvgIpc) is 2.23. The van der Waals surface area contributed by atoms with Gasteiger partial charge in [0.05, 0.1) is 12.6 Å². The van der Waals surface area contributed by atoms with E-state index in [0.29, 0.717) is 0 Å². The Morgan fingerprint density at radius 1 is 1.11 bits per heavy atom. The Labute approximate surface area is 109 Å². The smallest absolute Gasteiger partial charge is 0.242 e. The van der Waals surface area contributed by atoms with Crippen molar-refractivity contribution in [2.45, 2.75) is 53.6 Å². The Bertz CT molecular complexity index is 295. The molecule has 0 aromatic heterocycles. The molecule has 0 bridgehead atoms. The minimum Gasteiger partial charge on any atom is -0.394 e. The molecular formula is C13H26N2O3. The zero-order valence-corrected chi connectivity index (χ0v) is 12.2. The quantitative estimate of drug-likeness (QED) is 0.678. The van der Waals surface area contributed by atoms with Crippen LogP contribution >= 0.6 is 0 Å². The maximum Gasteiger partial charge on any atom is 0.242 e. The van der Waals surface area contributed by atoms with E-state index in [1.54, 1.807) is 27.7 Å². The van der Waals surface area contributed by atoms with Crippen molar-refractivity contribution < 1.29 is 14.7 Å². The standard InChI is InChI=1S/C13H26N2O3/c1-8(2)10(7-16)15-11(17)9(3)14-12(18)13(4,5)6/h8-10,16H,7H2,1-6H3,(H,14,18)(H,15,17)/t9?,10-/m1/s1. The second-order valence-corrected chi connectivity index (χ2v) is 5.99. The van der Waals surface area contributed by atoms with E-state index < -0.39 is 11.5 Å². The third-order valence-electron chi connectivity index (χ3n) is 2.75. The molecule has 0 aliphatic rings. The van der Waals surface area contributed by atoms with E-state index in [0.717, 1.165) is 0 Å². The van der Waals surface area contributed by atoms with Crippen molar-refractivity contribution in [3.8, 4) is 0 Å². The molecule has 0 aliphatic heterocycles. The number of nitrogens with one attached hydrogen (secondary N) is 2. The summed E-state index contributed by atoms with van der Waals surface area (Å²) in [4.78, 5) is 23.6. The second kappa shape index (κ2) is 6.73. The Hall–Kier alpha value is -1.10. The second-order valence-electron chi connectivity index (χ2n) is 5.99. The van der Waals surface area contributed by atoms with Crippen molar-refractivity contribution in [2.75, 3.05) is 6.61 Å². The molecule has 0 spiro atoms. The molecule has 0 saturated heterocycles. The lowest BCUT2D eigenvalue weighted by Crippen LogP contribution is -2.52. The molecule has 2 amide bonds. The molecule has 2 atom stereocenters. The molecule has 1 unspecified atom stereocenters. The lowest BCUT2D eigenvalue weighted by atomic mass is 9.95. The van der Waals surface area contributed by atoms with E-state index in [2.05, 4.69) is 10.6 Å². The van der Waals surface area contributed by atoms with Crippen LogP contribution in [0.3, 0.4) is 0 Å². The van der Waals surface area contributed by atoms with Gasteiger partial charge in [-0.05, 0) is 12.8 Å². The highest BCUT2D eigenvalue weighted by atomic mass is 16.3. The molecule has 0 rings (SSSR count). The Balaban J connectivity index is 4.40. The third kappa shape index (κ3) is 5.49. The van der Waals surface area contributed by atoms with Crippen LogP contribution in [0.1, 0.15) is 41.5 Å². The molecule has 0 radical (unpaired) electrons. The number of amides is 2. The zero-order chi connectivity index (χ0) is 14.5. The van der Waals surface area contributed by atoms with E-state index in [1.165, 1.54) is 0 Å². The summed E-state index contributed by atoms with van der Waals surface area (Å²) in [6.45, 7) is 10.7. The van der Waals surface area contributed by atoms with Gasteiger partial charge in [0.1, 0.15) is 6.04 Å². The largest absolute Gasteiger partial charge is 0.394 e. The van der Waals surface area contributed by atoms with E-state index in [-0.39, 0.29) is 30.4 Å². The summed E-state index contributed by atoms with van der Waals surface area (Å²) in [6.07, 6.45) is 0. The molecule has 0 aromatic rings. The van der Waals surface area contributed by atoms with Crippen LogP contribution in [-0.2, 0) is 9.59 Å². The van der Waals surface area contributed by atoms with Crippen molar-refractivity contribution in [1.29, 1.82) is 0 Å². The number of aliphatic hydroxyl groups excluding tert-OH is 1. The van der Waals surface area contributed by atoms with Gasteiger partial charge in [-0.15, -0.1) is 0 Å². The normalized spacial score (nSPS) is 15.1. The fraction of sp³-hybridized carbons (Fsp3) is 0.846. The fourth-order valence-corrected chi connectivity index (χ4v) is 1.21. The van der Waals surface area contributed by atoms with Crippen LogP contribution in [-0.4, -0.2) is 35.6 Å². The van der Waals surface area contributed by atoms with Gasteiger partial charge in [-0.1, -0.05) is 34.6 Å². The van der Waals surface area contributed by atoms with Crippen LogP contribution in [0.25, 0.3) is 0 Å². The van der Waals surface area contributed by atoms with E-state index in [1.807, 2.05) is 13.8 Å². The minimum atomic E-state index is -0.607. The van der Waals surface area contributed by atoms with Gasteiger partial charge >= 0.3 is 0 Å². The molecular weight excluding hydrogens is 232 g/mol. The lowest BCUT2D eigenvalue weighted by Gasteiger charge is -2.25. The number of carbonyl (C=O) groups is 2. The van der Waals surface area contributed by atoms with Crippen molar-refractivity contribution >= 4 is 11.8 Å². The molecule has 0 aromatic carbocycles. The highest BCUT2D eigenvalue weighted by Gasteiger charge is 2.26. The average molecular weight is 258 g/mol. The van der Waals surface area contributed by atoms with Crippen LogP contribution < -0.4 is 10.6 Å². The summed E-state index contributed by atoms with van der Waals surface area (Å²) in [7, 11) is 0. The van der Waals surface area contributed by atoms with E-state index in [9.17, 15) is 9.59 Å². The fourth-order valence-electron chi connectivity index (χ4n) is 1.21. The third-order valence-corrected chi connectivity index (χ3v) is 2.75. The van der Waals surface area contributed by atoms with Gasteiger partial charge in [-0.2, -0.15) is 0 Å².